The molecule has 0 bridgehead atoms. The Kier molecular flexibility index (Phi) is 5.05. The van der Waals surface area contributed by atoms with E-state index >= 15 is 0 Å². The van der Waals surface area contributed by atoms with Crippen LogP contribution in [0.15, 0.2) is 53.9 Å². The van der Waals surface area contributed by atoms with E-state index in [-0.39, 0.29) is 10.7 Å². The summed E-state index contributed by atoms with van der Waals surface area (Å²) in [5, 5.41) is 2.55. The van der Waals surface area contributed by atoms with Crippen molar-refractivity contribution in [3.63, 3.8) is 0 Å². The number of anilines is 1. The van der Waals surface area contributed by atoms with Crippen molar-refractivity contribution in [2.75, 3.05) is 4.90 Å². The lowest BCUT2D eigenvalue weighted by molar-refractivity contribution is -0.122. The van der Waals surface area contributed by atoms with Gasteiger partial charge in [0.1, 0.15) is 11.3 Å². The minimum atomic E-state index is -0.570. The number of halogens is 3. The summed E-state index contributed by atoms with van der Waals surface area (Å²) in [6.45, 7) is 0. The molecule has 0 aliphatic carbocycles. The first kappa shape index (κ1) is 17.5. The van der Waals surface area contributed by atoms with Crippen LogP contribution in [0.25, 0.3) is 6.08 Å². The van der Waals surface area contributed by atoms with Gasteiger partial charge in [-0.2, -0.15) is 0 Å². The lowest BCUT2D eigenvalue weighted by Gasteiger charge is -2.28. The van der Waals surface area contributed by atoms with Crippen LogP contribution in [0.3, 0.4) is 0 Å². The standard InChI is InChI=1S/C15H7Br3N2O3S/c16-7-2-1-3-8(4-7)20-14(22)10(13(21)19-15(20)24)5-9-6-11(17)12(18)23-9/h1-6H,(H,19,21,24)/b10-5+. The van der Waals surface area contributed by atoms with Crippen LogP contribution in [0.4, 0.5) is 5.69 Å². The van der Waals surface area contributed by atoms with Gasteiger partial charge in [0.25, 0.3) is 11.8 Å². The molecular weight excluding hydrogens is 528 g/mol. The second kappa shape index (κ2) is 6.91. The molecule has 1 saturated heterocycles. The number of hydrogen-bond donors (Lipinski definition) is 1. The number of carbonyl (C=O) groups excluding carboxylic acids is 2. The number of benzene rings is 1. The Morgan fingerprint density at radius 1 is 1.17 bits per heavy atom. The third-order valence-corrected chi connectivity index (χ3v) is 5.61. The fourth-order valence-electron chi connectivity index (χ4n) is 2.08. The van der Waals surface area contributed by atoms with E-state index in [1.807, 2.05) is 6.07 Å². The van der Waals surface area contributed by atoms with Gasteiger partial charge in [0, 0.05) is 4.47 Å². The lowest BCUT2D eigenvalue weighted by Crippen LogP contribution is -2.54. The third-order valence-electron chi connectivity index (χ3n) is 3.12. The van der Waals surface area contributed by atoms with Crippen LogP contribution >= 0.6 is 60.0 Å². The molecule has 3 rings (SSSR count). The van der Waals surface area contributed by atoms with Gasteiger partial charge >= 0.3 is 0 Å². The van der Waals surface area contributed by atoms with Crippen LogP contribution in [-0.4, -0.2) is 16.9 Å². The molecule has 2 heterocycles. The van der Waals surface area contributed by atoms with E-state index in [2.05, 4.69) is 53.1 Å². The molecule has 0 saturated carbocycles. The predicted molar refractivity (Wildman–Crippen MR) is 104 cm³/mol. The van der Waals surface area contributed by atoms with E-state index in [0.717, 1.165) is 4.47 Å². The number of hydrogen-bond acceptors (Lipinski definition) is 4. The first-order valence-corrected chi connectivity index (χ1v) is 9.27. The quantitative estimate of drug-likeness (QED) is 0.352. The zero-order valence-electron chi connectivity index (χ0n) is 11.7. The van der Waals surface area contributed by atoms with Gasteiger partial charge < -0.3 is 4.42 Å². The maximum absolute atomic E-state index is 12.8. The van der Waals surface area contributed by atoms with Gasteiger partial charge in [-0.1, -0.05) is 22.0 Å². The number of nitrogens with zero attached hydrogens (tertiary/aromatic N) is 1. The molecule has 0 spiro atoms. The summed E-state index contributed by atoms with van der Waals surface area (Å²) in [5.41, 5.74) is 0.476. The van der Waals surface area contributed by atoms with Crippen LogP contribution in [0.2, 0.25) is 0 Å². The van der Waals surface area contributed by atoms with E-state index in [9.17, 15) is 9.59 Å². The normalized spacial score (nSPS) is 16.7. The summed E-state index contributed by atoms with van der Waals surface area (Å²) < 4.78 is 7.34. The van der Waals surface area contributed by atoms with E-state index < -0.39 is 11.8 Å². The highest BCUT2D eigenvalue weighted by molar-refractivity contribution is 9.13. The maximum atomic E-state index is 12.8. The lowest BCUT2D eigenvalue weighted by atomic mass is 10.1. The van der Waals surface area contributed by atoms with Crippen molar-refractivity contribution in [1.29, 1.82) is 0 Å². The van der Waals surface area contributed by atoms with Crippen molar-refractivity contribution < 1.29 is 14.0 Å². The SMILES string of the molecule is O=C1NC(=S)N(c2cccc(Br)c2)C(=O)/C1=C/c1cc(Br)c(Br)o1. The first-order valence-electron chi connectivity index (χ1n) is 6.48. The highest BCUT2D eigenvalue weighted by Crippen LogP contribution is 2.29. The van der Waals surface area contributed by atoms with Gasteiger partial charge in [0.2, 0.25) is 0 Å². The Morgan fingerprint density at radius 2 is 1.92 bits per heavy atom. The zero-order valence-corrected chi connectivity index (χ0v) is 17.3. The Morgan fingerprint density at radius 3 is 2.54 bits per heavy atom. The van der Waals surface area contributed by atoms with Crippen LogP contribution in [0, 0.1) is 0 Å². The molecule has 5 nitrogen and oxygen atoms in total. The van der Waals surface area contributed by atoms with Gasteiger partial charge in [-0.25, -0.2) is 0 Å². The van der Waals surface area contributed by atoms with Gasteiger partial charge in [-0.15, -0.1) is 0 Å². The van der Waals surface area contributed by atoms with Gasteiger partial charge in [0.05, 0.1) is 10.2 Å². The fraction of sp³-hybridized carbons (Fsp3) is 0. The second-order valence-electron chi connectivity index (χ2n) is 4.71. The summed E-state index contributed by atoms with van der Waals surface area (Å²) in [5.74, 6) is -0.736. The van der Waals surface area contributed by atoms with Crippen molar-refractivity contribution in [1.82, 2.24) is 5.32 Å². The molecule has 1 N–H and O–H groups in total. The molecule has 2 amide bonds. The van der Waals surface area contributed by atoms with Crippen LogP contribution in [0.1, 0.15) is 5.76 Å². The molecule has 1 aromatic heterocycles. The van der Waals surface area contributed by atoms with Crippen LogP contribution < -0.4 is 10.2 Å². The molecule has 1 aliphatic heterocycles. The molecule has 1 fully saturated rings. The van der Waals surface area contributed by atoms with Crippen molar-refractivity contribution in [2.24, 2.45) is 0 Å². The third kappa shape index (κ3) is 3.39. The van der Waals surface area contributed by atoms with Crippen molar-refractivity contribution in [3.8, 4) is 0 Å². The number of thiocarbonyl (C=S) groups is 1. The van der Waals surface area contributed by atoms with Gasteiger partial charge in [-0.3, -0.25) is 19.8 Å². The van der Waals surface area contributed by atoms with E-state index in [0.29, 0.717) is 20.6 Å². The van der Waals surface area contributed by atoms with Gasteiger partial charge in [-0.05, 0) is 74.4 Å². The van der Waals surface area contributed by atoms with Crippen LogP contribution in [-0.2, 0) is 9.59 Å². The Balaban J connectivity index is 2.03. The largest absolute Gasteiger partial charge is 0.449 e. The van der Waals surface area contributed by atoms with E-state index in [1.54, 1.807) is 24.3 Å². The molecule has 0 radical (unpaired) electrons. The average Bonchev–Trinajstić information content (AvgIpc) is 2.82. The van der Waals surface area contributed by atoms with Crippen LogP contribution in [0.5, 0.6) is 0 Å². The summed E-state index contributed by atoms with van der Waals surface area (Å²) in [7, 11) is 0. The Hall–Kier alpha value is -1.29. The topological polar surface area (TPSA) is 62.6 Å². The summed E-state index contributed by atoms with van der Waals surface area (Å²) in [4.78, 5) is 26.2. The second-order valence-corrected chi connectivity index (χ2v) is 7.59. The fourth-order valence-corrected chi connectivity index (χ4v) is 3.36. The predicted octanol–water partition coefficient (Wildman–Crippen LogP) is 4.40. The maximum Gasteiger partial charge on any atom is 0.270 e. The Bertz CT molecular complexity index is 888. The zero-order chi connectivity index (χ0) is 17.4. The number of carbonyl (C=O) groups is 2. The summed E-state index contributed by atoms with van der Waals surface area (Å²) >= 11 is 15.0. The smallest absolute Gasteiger partial charge is 0.270 e. The highest BCUT2D eigenvalue weighted by Gasteiger charge is 2.34. The number of rotatable bonds is 2. The average molecular weight is 535 g/mol. The summed E-state index contributed by atoms with van der Waals surface area (Å²) in [6.07, 6.45) is 1.37. The van der Waals surface area contributed by atoms with E-state index in [4.69, 9.17) is 16.6 Å². The molecule has 24 heavy (non-hydrogen) atoms. The molecule has 1 aliphatic rings. The minimum absolute atomic E-state index is 0.0297. The molecule has 2 aromatic rings. The monoisotopic (exact) mass is 532 g/mol. The van der Waals surface area contributed by atoms with Crippen molar-refractivity contribution in [2.45, 2.75) is 0 Å². The minimum Gasteiger partial charge on any atom is -0.449 e. The molecule has 0 unspecified atom stereocenters. The number of nitrogens with one attached hydrogen (secondary N) is 1. The first-order chi connectivity index (χ1) is 11.4. The number of furan rings is 1. The van der Waals surface area contributed by atoms with Crippen molar-refractivity contribution in [3.05, 3.63) is 55.3 Å². The highest BCUT2D eigenvalue weighted by atomic mass is 79.9. The molecular formula is C15H7Br3N2O3S. The Labute approximate surface area is 167 Å². The van der Waals surface area contributed by atoms with Crippen molar-refractivity contribution >= 4 is 88.7 Å². The van der Waals surface area contributed by atoms with Gasteiger partial charge in [0.15, 0.2) is 9.78 Å². The molecule has 9 heteroatoms. The molecule has 122 valence electrons. The number of amides is 2. The molecule has 1 aromatic carbocycles. The van der Waals surface area contributed by atoms with E-state index in [1.165, 1.54) is 11.0 Å². The summed E-state index contributed by atoms with van der Waals surface area (Å²) in [6, 6.07) is 8.71. The molecule has 0 atom stereocenters.